The van der Waals surface area contributed by atoms with Crippen LogP contribution in [-0.4, -0.2) is 14.7 Å². The molecule has 0 fully saturated rings. The molecule has 1 aromatic carbocycles. The summed E-state index contributed by atoms with van der Waals surface area (Å²) < 4.78 is 1.83. The average Bonchev–Trinajstić information content (AvgIpc) is 2.56. The van der Waals surface area contributed by atoms with E-state index in [-0.39, 0.29) is 10.6 Å². The van der Waals surface area contributed by atoms with E-state index < -0.39 is 0 Å². The van der Waals surface area contributed by atoms with Crippen molar-refractivity contribution in [2.24, 2.45) is 0 Å². The molecule has 0 amide bonds. The average molecular weight is 219 g/mol. The summed E-state index contributed by atoms with van der Waals surface area (Å²) in [4.78, 5) is 10.3. The minimum absolute atomic E-state index is 0.116. The topological polar surface area (TPSA) is 61.0 Å². The van der Waals surface area contributed by atoms with Crippen LogP contribution in [0, 0.1) is 17.0 Å². The van der Waals surface area contributed by atoms with Crippen LogP contribution < -0.4 is 0 Å². The first-order valence-corrected chi connectivity index (χ1v) is 5.25. The largest absolute Gasteiger partial charge is 0.271 e. The fourth-order valence-corrected chi connectivity index (χ4v) is 1.82. The molecule has 0 aliphatic rings. The lowest BCUT2D eigenvalue weighted by Crippen LogP contribution is -1.99. The van der Waals surface area contributed by atoms with Gasteiger partial charge in [-0.2, -0.15) is 5.10 Å². The lowest BCUT2D eigenvalue weighted by molar-refractivity contribution is -0.384. The molecule has 1 aromatic heterocycles. The van der Waals surface area contributed by atoms with Crippen molar-refractivity contribution in [3.05, 3.63) is 34.0 Å². The van der Waals surface area contributed by atoms with Crippen molar-refractivity contribution in [2.45, 2.75) is 26.8 Å². The standard InChI is InChI=1S/C11H13N3O2/c1-3-6-13-11-7-9(14(15)16)4-5-10(11)8(2)12-13/h4-5,7H,3,6H2,1-2H3. The van der Waals surface area contributed by atoms with Gasteiger partial charge in [0.15, 0.2) is 0 Å². The van der Waals surface area contributed by atoms with Gasteiger partial charge in [-0.3, -0.25) is 14.8 Å². The Morgan fingerprint density at radius 3 is 2.88 bits per heavy atom. The van der Waals surface area contributed by atoms with E-state index in [0.29, 0.717) is 0 Å². The van der Waals surface area contributed by atoms with Gasteiger partial charge in [0, 0.05) is 24.1 Å². The zero-order valence-corrected chi connectivity index (χ0v) is 9.30. The molecule has 2 aromatic rings. The highest BCUT2D eigenvalue weighted by atomic mass is 16.6. The smallest absolute Gasteiger partial charge is 0.264 e. The molecule has 0 saturated heterocycles. The van der Waals surface area contributed by atoms with Crippen LogP contribution in [0.15, 0.2) is 18.2 Å². The number of nitro benzene ring substituents is 1. The van der Waals surface area contributed by atoms with Crippen molar-refractivity contribution < 1.29 is 4.92 Å². The van der Waals surface area contributed by atoms with E-state index in [0.717, 1.165) is 29.6 Å². The summed E-state index contributed by atoms with van der Waals surface area (Å²) in [6.45, 7) is 4.76. The van der Waals surface area contributed by atoms with E-state index in [1.165, 1.54) is 6.07 Å². The third-order valence-corrected chi connectivity index (χ3v) is 2.57. The molecule has 0 unspecified atom stereocenters. The van der Waals surface area contributed by atoms with Crippen molar-refractivity contribution in [3.8, 4) is 0 Å². The van der Waals surface area contributed by atoms with Crippen molar-refractivity contribution in [3.63, 3.8) is 0 Å². The molecule has 16 heavy (non-hydrogen) atoms. The maximum atomic E-state index is 10.7. The molecule has 5 heteroatoms. The number of aryl methyl sites for hydroxylation is 2. The van der Waals surface area contributed by atoms with Crippen LogP contribution in [0.25, 0.3) is 10.9 Å². The fraction of sp³-hybridized carbons (Fsp3) is 0.364. The molecule has 0 spiro atoms. The summed E-state index contributed by atoms with van der Waals surface area (Å²) in [5.74, 6) is 0. The van der Waals surface area contributed by atoms with Crippen LogP contribution in [0.1, 0.15) is 19.0 Å². The zero-order valence-electron chi connectivity index (χ0n) is 9.30. The molecule has 0 radical (unpaired) electrons. The Morgan fingerprint density at radius 1 is 1.50 bits per heavy atom. The van der Waals surface area contributed by atoms with Gasteiger partial charge in [0.2, 0.25) is 0 Å². The maximum Gasteiger partial charge on any atom is 0.271 e. The highest BCUT2D eigenvalue weighted by Gasteiger charge is 2.12. The number of rotatable bonds is 3. The highest BCUT2D eigenvalue weighted by molar-refractivity contribution is 5.83. The molecule has 0 N–H and O–H groups in total. The summed E-state index contributed by atoms with van der Waals surface area (Å²) >= 11 is 0. The second-order valence-corrected chi connectivity index (χ2v) is 3.77. The summed E-state index contributed by atoms with van der Waals surface area (Å²) in [5, 5.41) is 16.1. The molecule has 0 saturated carbocycles. The number of aromatic nitrogens is 2. The Balaban J connectivity index is 2.64. The van der Waals surface area contributed by atoms with E-state index >= 15 is 0 Å². The van der Waals surface area contributed by atoms with E-state index in [9.17, 15) is 10.1 Å². The van der Waals surface area contributed by atoms with Gasteiger partial charge in [0.05, 0.1) is 16.1 Å². The molecular formula is C11H13N3O2. The normalized spacial score (nSPS) is 10.9. The monoisotopic (exact) mass is 219 g/mol. The first-order valence-electron chi connectivity index (χ1n) is 5.25. The summed E-state index contributed by atoms with van der Waals surface area (Å²) in [7, 11) is 0. The lowest BCUT2D eigenvalue weighted by atomic mass is 10.2. The Morgan fingerprint density at radius 2 is 2.25 bits per heavy atom. The van der Waals surface area contributed by atoms with E-state index in [2.05, 4.69) is 12.0 Å². The van der Waals surface area contributed by atoms with Gasteiger partial charge in [-0.15, -0.1) is 0 Å². The molecule has 0 aliphatic heterocycles. The first-order chi connectivity index (χ1) is 7.63. The van der Waals surface area contributed by atoms with Crippen LogP contribution in [-0.2, 0) is 6.54 Å². The predicted octanol–water partition coefficient (Wildman–Crippen LogP) is 2.66. The molecule has 0 bridgehead atoms. The summed E-state index contributed by atoms with van der Waals surface area (Å²) in [6, 6.07) is 4.88. The van der Waals surface area contributed by atoms with Gasteiger partial charge in [-0.1, -0.05) is 6.92 Å². The quantitative estimate of drug-likeness (QED) is 0.589. The van der Waals surface area contributed by atoms with E-state index in [1.807, 2.05) is 11.6 Å². The molecule has 5 nitrogen and oxygen atoms in total. The minimum Gasteiger partial charge on any atom is -0.264 e. The van der Waals surface area contributed by atoms with Gasteiger partial charge in [-0.05, 0) is 19.4 Å². The summed E-state index contributed by atoms with van der Waals surface area (Å²) in [6.07, 6.45) is 0.957. The van der Waals surface area contributed by atoms with Gasteiger partial charge in [0.25, 0.3) is 5.69 Å². The van der Waals surface area contributed by atoms with Gasteiger partial charge in [-0.25, -0.2) is 0 Å². The molecule has 84 valence electrons. The first kappa shape index (κ1) is 10.6. The van der Waals surface area contributed by atoms with Crippen LogP contribution in [0.5, 0.6) is 0 Å². The number of benzene rings is 1. The van der Waals surface area contributed by atoms with Crippen LogP contribution in [0.3, 0.4) is 0 Å². The molecule has 0 aliphatic carbocycles. The highest BCUT2D eigenvalue weighted by Crippen LogP contribution is 2.23. The fourth-order valence-electron chi connectivity index (χ4n) is 1.82. The number of hydrogen-bond donors (Lipinski definition) is 0. The van der Waals surface area contributed by atoms with Crippen molar-refractivity contribution in [1.29, 1.82) is 0 Å². The molecule has 0 atom stereocenters. The van der Waals surface area contributed by atoms with Gasteiger partial charge < -0.3 is 0 Å². The summed E-state index contributed by atoms with van der Waals surface area (Å²) in [5.41, 5.74) is 1.87. The van der Waals surface area contributed by atoms with Crippen molar-refractivity contribution in [2.75, 3.05) is 0 Å². The predicted molar refractivity (Wildman–Crippen MR) is 61.4 cm³/mol. The minimum atomic E-state index is -0.377. The number of hydrogen-bond acceptors (Lipinski definition) is 3. The lowest BCUT2D eigenvalue weighted by Gasteiger charge is -1.99. The third-order valence-electron chi connectivity index (χ3n) is 2.57. The van der Waals surface area contributed by atoms with E-state index in [4.69, 9.17) is 0 Å². The van der Waals surface area contributed by atoms with Crippen molar-refractivity contribution >= 4 is 16.6 Å². The Kier molecular flexibility index (Phi) is 2.60. The van der Waals surface area contributed by atoms with Crippen LogP contribution >= 0.6 is 0 Å². The van der Waals surface area contributed by atoms with Crippen molar-refractivity contribution in [1.82, 2.24) is 9.78 Å². The number of non-ortho nitro benzene ring substituents is 1. The zero-order chi connectivity index (χ0) is 11.7. The number of nitrogens with zero attached hydrogens (tertiary/aromatic N) is 3. The second kappa shape index (κ2) is 3.92. The Bertz CT molecular complexity index is 545. The van der Waals surface area contributed by atoms with Gasteiger partial charge in [0.1, 0.15) is 0 Å². The number of fused-ring (bicyclic) bond motifs is 1. The van der Waals surface area contributed by atoms with Crippen LogP contribution in [0.2, 0.25) is 0 Å². The van der Waals surface area contributed by atoms with Gasteiger partial charge >= 0.3 is 0 Å². The SMILES string of the molecule is CCCn1nc(C)c2ccc([N+](=O)[O-])cc21. The Hall–Kier alpha value is -1.91. The second-order valence-electron chi connectivity index (χ2n) is 3.77. The molecule has 2 rings (SSSR count). The maximum absolute atomic E-state index is 10.7. The third kappa shape index (κ3) is 1.64. The molecular weight excluding hydrogens is 206 g/mol. The molecule has 1 heterocycles. The van der Waals surface area contributed by atoms with E-state index in [1.54, 1.807) is 12.1 Å². The Labute approximate surface area is 92.8 Å². The number of nitro groups is 1. The van der Waals surface area contributed by atoms with Crippen LogP contribution in [0.4, 0.5) is 5.69 Å².